The molecule has 1 saturated carbocycles. The van der Waals surface area contributed by atoms with Crippen LogP contribution >= 0.6 is 0 Å². The SMILES string of the molecule is NC[C@H](O)C(=O)N[C@@H]1C[C@H](N)C(O[C@H]2O[C@H](CNCCCO)[C@@H](O)[C@H](O)[C@H]2N)[C@H](O)[C@H]1O[C@H]1O[C@H](CO)[C@@H](O)[C@H](N)[C@H]1O. The number of ether oxygens (including phenoxy) is 4. The van der Waals surface area contributed by atoms with Crippen LogP contribution < -0.4 is 33.6 Å². The Morgan fingerprint density at radius 2 is 1.51 bits per heavy atom. The fraction of sp³-hybridized carbons (Fsp3) is 0.958. The van der Waals surface area contributed by atoms with E-state index in [2.05, 4.69) is 10.6 Å². The summed E-state index contributed by atoms with van der Waals surface area (Å²) in [7, 11) is 0. The molecule has 2 saturated heterocycles. The Kier molecular flexibility index (Phi) is 13.8. The van der Waals surface area contributed by atoms with Crippen LogP contribution in [-0.4, -0.2) is 177 Å². The molecule has 1 amide bonds. The third-order valence-corrected chi connectivity index (χ3v) is 8.00. The first kappa shape index (κ1) is 36.3. The van der Waals surface area contributed by atoms with Crippen LogP contribution in [0.4, 0.5) is 0 Å². The second-order valence-electron chi connectivity index (χ2n) is 11.1. The summed E-state index contributed by atoms with van der Waals surface area (Å²) in [6, 6.07) is -4.68. The van der Waals surface area contributed by atoms with Crippen LogP contribution in [0.2, 0.25) is 0 Å². The maximum atomic E-state index is 12.5. The van der Waals surface area contributed by atoms with Gasteiger partial charge in [-0.3, -0.25) is 4.79 Å². The summed E-state index contributed by atoms with van der Waals surface area (Å²) in [6.45, 7) is -0.650. The first-order valence-corrected chi connectivity index (χ1v) is 14.3. The van der Waals surface area contributed by atoms with E-state index in [0.717, 1.165) is 0 Å². The molecule has 0 radical (unpaired) electrons. The second kappa shape index (κ2) is 16.4. The third-order valence-electron chi connectivity index (χ3n) is 8.00. The number of amides is 1. The molecular weight excluding hydrogens is 580 g/mol. The molecule has 2 heterocycles. The van der Waals surface area contributed by atoms with Crippen LogP contribution in [0.3, 0.4) is 0 Å². The highest BCUT2D eigenvalue weighted by Gasteiger charge is 2.52. The molecule has 1 aliphatic carbocycles. The second-order valence-corrected chi connectivity index (χ2v) is 11.1. The van der Waals surface area contributed by atoms with Crippen LogP contribution in [0.15, 0.2) is 0 Å². The molecule has 43 heavy (non-hydrogen) atoms. The van der Waals surface area contributed by atoms with Crippen molar-refractivity contribution in [3.63, 3.8) is 0 Å². The summed E-state index contributed by atoms with van der Waals surface area (Å²) in [4.78, 5) is 12.5. The van der Waals surface area contributed by atoms with Crippen molar-refractivity contribution >= 4 is 5.91 Å². The van der Waals surface area contributed by atoms with Gasteiger partial charge in [0.1, 0.15) is 61.0 Å². The van der Waals surface area contributed by atoms with Crippen molar-refractivity contribution < 1.29 is 64.6 Å². The number of aliphatic hydroxyl groups excluding tert-OH is 8. The Hall–Kier alpha value is -1.21. The third kappa shape index (κ3) is 8.54. The number of nitrogens with two attached hydrogens (primary N) is 4. The summed E-state index contributed by atoms with van der Waals surface area (Å²) in [6.07, 6.45) is -16.8. The van der Waals surface area contributed by atoms with Gasteiger partial charge in [0.2, 0.25) is 5.91 Å². The molecule has 0 aromatic rings. The minimum atomic E-state index is -1.68. The van der Waals surface area contributed by atoms with Crippen molar-refractivity contribution in [2.45, 2.75) is 111 Å². The predicted molar refractivity (Wildman–Crippen MR) is 144 cm³/mol. The average molecular weight is 629 g/mol. The lowest BCUT2D eigenvalue weighted by Crippen LogP contribution is -2.70. The van der Waals surface area contributed by atoms with Gasteiger partial charge in [0.05, 0.1) is 24.7 Å². The molecule has 0 aromatic carbocycles. The predicted octanol–water partition coefficient (Wildman–Crippen LogP) is -8.83. The topological polar surface area (TPSA) is 344 Å². The summed E-state index contributed by atoms with van der Waals surface area (Å²) in [5, 5.41) is 87.2. The van der Waals surface area contributed by atoms with Crippen LogP contribution in [-0.2, 0) is 23.7 Å². The molecule has 16 atom stereocenters. The van der Waals surface area contributed by atoms with Gasteiger partial charge in [0.25, 0.3) is 0 Å². The van der Waals surface area contributed by atoms with Gasteiger partial charge in [-0.1, -0.05) is 0 Å². The fourth-order valence-corrected chi connectivity index (χ4v) is 5.35. The minimum Gasteiger partial charge on any atom is -0.396 e. The molecule has 0 spiro atoms. The lowest BCUT2D eigenvalue weighted by Gasteiger charge is -2.49. The maximum absolute atomic E-state index is 12.5. The van der Waals surface area contributed by atoms with Gasteiger partial charge >= 0.3 is 0 Å². The van der Waals surface area contributed by atoms with Crippen molar-refractivity contribution in [2.75, 3.05) is 32.8 Å². The highest BCUT2D eigenvalue weighted by molar-refractivity contribution is 5.81. The molecule has 0 aromatic heterocycles. The standard InChI is InChI=1S/C24H48N6O13/c25-5-10(33)22(39)30-9-4-8(26)20(19(38)21(9)43-24-18(37)13(27)15(34)12(7-32)41-24)42-23-14(28)17(36)16(35)11(40-23)6-29-2-1-3-31/h8-21,23-24,29,31-38H,1-7,25-28H2,(H,30,39)/t8-,9+,10-,11+,12+,13-,14+,15+,16+,17+,18+,19-,20?,21-,23+,24+/m0/s1. The van der Waals surface area contributed by atoms with Crippen LogP contribution in [0, 0.1) is 0 Å². The number of carbonyl (C=O) groups excluding carboxylic acids is 1. The molecule has 3 aliphatic rings. The molecule has 1 unspecified atom stereocenters. The molecule has 2 aliphatic heterocycles. The van der Waals surface area contributed by atoms with Gasteiger partial charge < -0.3 is 93.4 Å². The number of aliphatic hydroxyl groups is 8. The average Bonchev–Trinajstić information content (AvgIpc) is 2.99. The Balaban J connectivity index is 1.81. The number of rotatable bonds is 13. The van der Waals surface area contributed by atoms with Crippen LogP contribution in [0.5, 0.6) is 0 Å². The Morgan fingerprint density at radius 1 is 0.860 bits per heavy atom. The van der Waals surface area contributed by atoms with Gasteiger partial charge in [-0.25, -0.2) is 0 Å². The maximum Gasteiger partial charge on any atom is 0.250 e. The Morgan fingerprint density at radius 3 is 2.14 bits per heavy atom. The highest BCUT2D eigenvalue weighted by atomic mass is 16.7. The number of nitrogens with one attached hydrogen (secondary N) is 2. The van der Waals surface area contributed by atoms with Gasteiger partial charge in [0, 0.05) is 25.7 Å². The van der Waals surface area contributed by atoms with Crippen molar-refractivity contribution in [3.05, 3.63) is 0 Å². The molecule has 0 bridgehead atoms. The molecule has 18 N–H and O–H groups in total. The Bertz CT molecular complexity index is 867. The quantitative estimate of drug-likeness (QED) is 0.0841. The first-order valence-electron chi connectivity index (χ1n) is 14.3. The van der Waals surface area contributed by atoms with E-state index in [-0.39, 0.29) is 19.6 Å². The van der Waals surface area contributed by atoms with Crippen LogP contribution in [0.25, 0.3) is 0 Å². The van der Waals surface area contributed by atoms with E-state index in [9.17, 15) is 40.5 Å². The fourth-order valence-electron chi connectivity index (χ4n) is 5.35. The van der Waals surface area contributed by atoms with E-state index in [1.54, 1.807) is 0 Å². The summed E-state index contributed by atoms with van der Waals surface area (Å²) in [5.41, 5.74) is 23.7. The monoisotopic (exact) mass is 628 g/mol. The number of hydrogen-bond acceptors (Lipinski definition) is 18. The Labute approximate surface area is 248 Å². The molecule has 3 fully saturated rings. The normalized spacial score (nSPS) is 44.6. The summed E-state index contributed by atoms with van der Waals surface area (Å²) in [5.74, 6) is -0.892. The molecule has 252 valence electrons. The van der Waals surface area contributed by atoms with Crippen molar-refractivity contribution in [3.8, 4) is 0 Å². The molecular formula is C24H48N6O13. The van der Waals surface area contributed by atoms with E-state index < -0.39 is 117 Å². The van der Waals surface area contributed by atoms with Gasteiger partial charge in [-0.05, 0) is 19.4 Å². The van der Waals surface area contributed by atoms with E-state index in [4.69, 9.17) is 47.0 Å². The largest absolute Gasteiger partial charge is 0.396 e. The lowest BCUT2D eigenvalue weighted by molar-refractivity contribution is -0.320. The number of carbonyl (C=O) groups is 1. The van der Waals surface area contributed by atoms with Crippen molar-refractivity contribution in [1.29, 1.82) is 0 Å². The zero-order chi connectivity index (χ0) is 32.0. The van der Waals surface area contributed by atoms with Crippen molar-refractivity contribution in [1.82, 2.24) is 10.6 Å². The van der Waals surface area contributed by atoms with Gasteiger partial charge in [-0.2, -0.15) is 0 Å². The zero-order valence-corrected chi connectivity index (χ0v) is 23.6. The summed E-state index contributed by atoms with van der Waals surface area (Å²) >= 11 is 0. The summed E-state index contributed by atoms with van der Waals surface area (Å²) < 4.78 is 23.1. The highest BCUT2D eigenvalue weighted by Crippen LogP contribution is 2.31. The molecule has 19 heteroatoms. The molecule has 19 nitrogen and oxygen atoms in total. The van der Waals surface area contributed by atoms with E-state index in [1.165, 1.54) is 0 Å². The minimum absolute atomic E-state index is 0.0518. The van der Waals surface area contributed by atoms with Gasteiger partial charge in [0.15, 0.2) is 12.6 Å². The lowest BCUT2D eigenvalue weighted by atomic mass is 9.83. The van der Waals surface area contributed by atoms with E-state index in [1.807, 2.05) is 0 Å². The van der Waals surface area contributed by atoms with Crippen LogP contribution in [0.1, 0.15) is 12.8 Å². The number of hydrogen-bond donors (Lipinski definition) is 14. The van der Waals surface area contributed by atoms with E-state index in [0.29, 0.717) is 13.0 Å². The molecule has 3 rings (SSSR count). The van der Waals surface area contributed by atoms with E-state index >= 15 is 0 Å². The zero-order valence-electron chi connectivity index (χ0n) is 23.6. The first-order chi connectivity index (χ1) is 20.4. The van der Waals surface area contributed by atoms with Crippen molar-refractivity contribution in [2.24, 2.45) is 22.9 Å². The smallest absolute Gasteiger partial charge is 0.250 e. The van der Waals surface area contributed by atoms with Gasteiger partial charge in [-0.15, -0.1) is 0 Å².